The van der Waals surface area contributed by atoms with Crippen molar-refractivity contribution < 1.29 is 9.47 Å². The summed E-state index contributed by atoms with van der Waals surface area (Å²) in [5.41, 5.74) is 4.98. The topological polar surface area (TPSA) is 58.4 Å². The van der Waals surface area contributed by atoms with Gasteiger partial charge in [-0.1, -0.05) is 18.2 Å². The van der Waals surface area contributed by atoms with Crippen LogP contribution in [0.5, 0.6) is 11.5 Å². The van der Waals surface area contributed by atoms with Crippen molar-refractivity contribution in [1.82, 2.24) is 4.98 Å². The highest BCUT2D eigenvalue weighted by atomic mass is 16.5. The highest BCUT2D eigenvalue weighted by Gasteiger charge is 2.24. The summed E-state index contributed by atoms with van der Waals surface area (Å²) in [6.45, 7) is 3.49. The number of benzene rings is 2. The fourth-order valence-corrected chi connectivity index (χ4v) is 3.79. The molecule has 2 aromatic carbocycles. The van der Waals surface area contributed by atoms with Crippen molar-refractivity contribution in [1.29, 1.82) is 5.26 Å². The zero-order valence-corrected chi connectivity index (χ0v) is 15.7. The van der Waals surface area contributed by atoms with Gasteiger partial charge in [0.05, 0.1) is 25.3 Å². The van der Waals surface area contributed by atoms with E-state index >= 15 is 0 Å². The Hall–Kier alpha value is -3.26. The first kappa shape index (κ1) is 17.2. The number of nitrogens with zero attached hydrogens (tertiary/aromatic N) is 3. The number of anilines is 1. The number of pyridine rings is 1. The maximum atomic E-state index is 9.78. The monoisotopic (exact) mass is 359 g/mol. The number of fused-ring (bicyclic) bond motifs is 2. The maximum Gasteiger partial charge on any atom is 0.161 e. The van der Waals surface area contributed by atoms with E-state index < -0.39 is 0 Å². The first-order chi connectivity index (χ1) is 13.2. The lowest BCUT2D eigenvalue weighted by Gasteiger charge is -2.31. The number of hydrogen-bond donors (Lipinski definition) is 0. The number of rotatable bonds is 3. The van der Waals surface area contributed by atoms with E-state index in [1.54, 1.807) is 14.2 Å². The molecule has 0 atom stereocenters. The molecule has 4 rings (SSSR count). The summed E-state index contributed by atoms with van der Waals surface area (Å²) in [4.78, 5) is 7.01. The van der Waals surface area contributed by atoms with Crippen LogP contribution in [0, 0.1) is 18.3 Å². The third kappa shape index (κ3) is 2.83. The van der Waals surface area contributed by atoms with Crippen molar-refractivity contribution in [3.8, 4) is 17.6 Å². The van der Waals surface area contributed by atoms with E-state index in [0.29, 0.717) is 12.1 Å². The number of para-hydroxylation sites is 1. The van der Waals surface area contributed by atoms with Crippen LogP contribution in [0.3, 0.4) is 0 Å². The van der Waals surface area contributed by atoms with Gasteiger partial charge >= 0.3 is 0 Å². The van der Waals surface area contributed by atoms with E-state index in [1.807, 2.05) is 37.3 Å². The summed E-state index contributed by atoms with van der Waals surface area (Å²) in [5, 5.41) is 10.8. The Morgan fingerprint density at radius 1 is 1.07 bits per heavy atom. The van der Waals surface area contributed by atoms with Crippen LogP contribution in [-0.2, 0) is 13.0 Å². The standard InChI is InChI=1S/C22H21N3O2/c1-14-17-6-4-5-7-19(17)24-22(18(14)12-23)25-9-8-15-10-20(26-2)21(27-3)11-16(15)13-25/h4-7,10-11H,8-9,13H2,1-3H3. The molecule has 0 saturated carbocycles. The molecule has 0 fully saturated rings. The number of aryl methyl sites for hydroxylation is 1. The lowest BCUT2D eigenvalue weighted by molar-refractivity contribution is 0.353. The lowest BCUT2D eigenvalue weighted by atomic mass is 9.97. The average Bonchev–Trinajstić information content (AvgIpc) is 2.72. The van der Waals surface area contributed by atoms with E-state index in [4.69, 9.17) is 14.5 Å². The van der Waals surface area contributed by atoms with Crippen LogP contribution in [0.15, 0.2) is 36.4 Å². The lowest BCUT2D eigenvalue weighted by Crippen LogP contribution is -2.32. The molecule has 1 aromatic heterocycles. The van der Waals surface area contributed by atoms with E-state index in [1.165, 1.54) is 11.1 Å². The van der Waals surface area contributed by atoms with Crippen molar-refractivity contribution in [2.75, 3.05) is 25.7 Å². The molecule has 0 saturated heterocycles. The largest absolute Gasteiger partial charge is 0.493 e. The zero-order chi connectivity index (χ0) is 19.0. The maximum absolute atomic E-state index is 9.78. The van der Waals surface area contributed by atoms with Crippen LogP contribution in [0.25, 0.3) is 10.9 Å². The van der Waals surface area contributed by atoms with Gasteiger partial charge in [-0.3, -0.25) is 0 Å². The molecule has 5 nitrogen and oxygen atoms in total. The summed E-state index contributed by atoms with van der Waals surface area (Å²) in [6.07, 6.45) is 0.869. The number of methoxy groups -OCH3 is 2. The molecule has 27 heavy (non-hydrogen) atoms. The van der Waals surface area contributed by atoms with Crippen LogP contribution in [0.2, 0.25) is 0 Å². The molecule has 0 bridgehead atoms. The normalized spacial score (nSPS) is 13.2. The van der Waals surface area contributed by atoms with Crippen LogP contribution >= 0.6 is 0 Å². The second kappa shape index (κ2) is 6.81. The Balaban J connectivity index is 1.79. The quantitative estimate of drug-likeness (QED) is 0.707. The van der Waals surface area contributed by atoms with Gasteiger partial charge in [-0.25, -0.2) is 4.98 Å². The van der Waals surface area contributed by atoms with Crippen LogP contribution in [0.1, 0.15) is 22.3 Å². The predicted molar refractivity (Wildman–Crippen MR) is 105 cm³/mol. The van der Waals surface area contributed by atoms with Gasteiger partial charge in [0, 0.05) is 18.5 Å². The van der Waals surface area contributed by atoms with Crippen LogP contribution in [0.4, 0.5) is 5.82 Å². The second-order valence-electron chi connectivity index (χ2n) is 6.71. The highest BCUT2D eigenvalue weighted by molar-refractivity contribution is 5.87. The zero-order valence-electron chi connectivity index (χ0n) is 15.7. The Labute approximate surface area is 158 Å². The first-order valence-electron chi connectivity index (χ1n) is 8.94. The molecular formula is C22H21N3O2. The fraction of sp³-hybridized carbons (Fsp3) is 0.273. The molecule has 1 aliphatic heterocycles. The molecule has 0 radical (unpaired) electrons. The van der Waals surface area contributed by atoms with Gasteiger partial charge < -0.3 is 14.4 Å². The van der Waals surface area contributed by atoms with Gasteiger partial charge in [-0.05, 0) is 48.2 Å². The molecule has 0 spiro atoms. The highest BCUT2D eigenvalue weighted by Crippen LogP contribution is 2.36. The molecule has 0 aliphatic carbocycles. The minimum Gasteiger partial charge on any atom is -0.493 e. The smallest absolute Gasteiger partial charge is 0.161 e. The van der Waals surface area contributed by atoms with E-state index in [9.17, 15) is 5.26 Å². The van der Waals surface area contributed by atoms with E-state index in [2.05, 4.69) is 17.0 Å². The van der Waals surface area contributed by atoms with E-state index in [0.717, 1.165) is 46.7 Å². The van der Waals surface area contributed by atoms with E-state index in [-0.39, 0.29) is 0 Å². The molecule has 0 amide bonds. The number of hydrogen-bond acceptors (Lipinski definition) is 5. The third-order valence-corrected chi connectivity index (χ3v) is 5.26. The predicted octanol–water partition coefficient (Wildman–Crippen LogP) is 3.99. The van der Waals surface area contributed by atoms with Gasteiger partial charge in [0.1, 0.15) is 11.9 Å². The van der Waals surface area contributed by atoms with Crippen molar-refractivity contribution in [3.63, 3.8) is 0 Å². The Morgan fingerprint density at radius 3 is 2.48 bits per heavy atom. The molecule has 5 heteroatoms. The minimum absolute atomic E-state index is 0.651. The summed E-state index contributed by atoms with van der Waals surface area (Å²) < 4.78 is 10.9. The van der Waals surface area contributed by atoms with Gasteiger partial charge in [0.15, 0.2) is 11.5 Å². The minimum atomic E-state index is 0.651. The summed E-state index contributed by atoms with van der Waals surface area (Å²) >= 11 is 0. The molecule has 2 heterocycles. The Kier molecular flexibility index (Phi) is 4.33. The molecule has 0 N–H and O–H groups in total. The third-order valence-electron chi connectivity index (χ3n) is 5.26. The summed E-state index contributed by atoms with van der Waals surface area (Å²) in [6, 6.07) is 14.4. The number of nitriles is 1. The van der Waals surface area contributed by atoms with Crippen LogP contribution < -0.4 is 14.4 Å². The molecule has 136 valence electrons. The molecular weight excluding hydrogens is 338 g/mol. The second-order valence-corrected chi connectivity index (χ2v) is 6.71. The summed E-state index contributed by atoms with van der Waals surface area (Å²) in [7, 11) is 3.30. The molecule has 1 aliphatic rings. The van der Waals surface area contributed by atoms with Crippen molar-refractivity contribution in [3.05, 3.63) is 58.7 Å². The van der Waals surface area contributed by atoms with Gasteiger partial charge in [0.2, 0.25) is 0 Å². The first-order valence-corrected chi connectivity index (χ1v) is 8.94. The SMILES string of the molecule is COc1cc2c(cc1OC)CN(c1nc3ccccc3c(C)c1C#N)CC2. The van der Waals surface area contributed by atoms with Crippen molar-refractivity contribution >= 4 is 16.7 Å². The summed E-state index contributed by atoms with van der Waals surface area (Å²) in [5.74, 6) is 2.23. The van der Waals surface area contributed by atoms with Gasteiger partial charge in [-0.15, -0.1) is 0 Å². The molecule has 0 unspecified atom stereocenters. The van der Waals surface area contributed by atoms with Gasteiger partial charge in [0.25, 0.3) is 0 Å². The van der Waals surface area contributed by atoms with Crippen LogP contribution in [-0.4, -0.2) is 25.7 Å². The average molecular weight is 359 g/mol. The van der Waals surface area contributed by atoms with Gasteiger partial charge in [-0.2, -0.15) is 5.26 Å². The number of ether oxygens (including phenoxy) is 2. The van der Waals surface area contributed by atoms with Crippen molar-refractivity contribution in [2.45, 2.75) is 19.9 Å². The molecule has 3 aromatic rings. The Bertz CT molecular complexity index is 1070. The Morgan fingerprint density at radius 2 is 1.78 bits per heavy atom. The fourth-order valence-electron chi connectivity index (χ4n) is 3.79. The van der Waals surface area contributed by atoms with Crippen molar-refractivity contribution in [2.24, 2.45) is 0 Å². The number of aromatic nitrogens is 1.